The molecule has 34 heavy (non-hydrogen) atoms. The highest BCUT2D eigenvalue weighted by molar-refractivity contribution is 5.80. The van der Waals surface area contributed by atoms with Gasteiger partial charge in [-0.05, 0) is 67.4 Å². The van der Waals surface area contributed by atoms with Crippen molar-refractivity contribution in [2.45, 2.75) is 58.6 Å². The lowest BCUT2D eigenvalue weighted by atomic mass is 9.76. The van der Waals surface area contributed by atoms with E-state index in [0.717, 1.165) is 58.7 Å². The molecule has 0 atom stereocenters. The Hall–Kier alpha value is -2.24. The molecule has 0 saturated carbocycles. The van der Waals surface area contributed by atoms with E-state index in [0.29, 0.717) is 11.5 Å². The van der Waals surface area contributed by atoms with Crippen molar-refractivity contribution in [3.8, 4) is 0 Å². The Morgan fingerprint density at radius 1 is 1.00 bits per heavy atom. The van der Waals surface area contributed by atoms with Crippen LogP contribution in [0.25, 0.3) is 5.57 Å². The maximum absolute atomic E-state index is 5.60. The van der Waals surface area contributed by atoms with Crippen molar-refractivity contribution in [2.24, 2.45) is 5.41 Å². The van der Waals surface area contributed by atoms with Crippen molar-refractivity contribution < 1.29 is 9.15 Å². The molecule has 1 aromatic heterocycles. The van der Waals surface area contributed by atoms with Gasteiger partial charge in [0.1, 0.15) is 0 Å². The number of piperazine rings is 1. The summed E-state index contributed by atoms with van der Waals surface area (Å²) >= 11 is 0. The molecule has 0 bridgehead atoms. The van der Waals surface area contributed by atoms with Crippen LogP contribution in [0.15, 0.2) is 47.3 Å². The van der Waals surface area contributed by atoms with E-state index in [1.54, 1.807) is 11.8 Å². The van der Waals surface area contributed by atoms with E-state index in [1.165, 1.54) is 41.8 Å². The van der Waals surface area contributed by atoms with Crippen LogP contribution in [0.1, 0.15) is 57.1 Å². The summed E-state index contributed by atoms with van der Waals surface area (Å²) in [5.41, 5.74) is 7.49. The third-order valence-electron chi connectivity index (χ3n) is 8.14. The third-order valence-corrected chi connectivity index (χ3v) is 8.14. The van der Waals surface area contributed by atoms with E-state index in [1.807, 2.05) is 13.4 Å². The minimum Gasteiger partial charge on any atom is -0.472 e. The lowest BCUT2D eigenvalue weighted by Crippen LogP contribution is -2.46. The molecule has 0 unspecified atom stereocenters. The molecule has 0 spiro atoms. The molecule has 5 heteroatoms. The van der Waals surface area contributed by atoms with E-state index >= 15 is 0 Å². The molecule has 2 aliphatic heterocycles. The molecule has 184 valence electrons. The first-order valence-corrected chi connectivity index (χ1v) is 13.1. The van der Waals surface area contributed by atoms with Crippen molar-refractivity contribution >= 4 is 16.9 Å². The smallest absolute Gasteiger partial charge is 0.0947 e. The van der Waals surface area contributed by atoms with Gasteiger partial charge in [-0.15, -0.1) is 0 Å². The predicted octanol–water partition coefficient (Wildman–Crippen LogP) is 5.81. The van der Waals surface area contributed by atoms with E-state index < -0.39 is 0 Å². The summed E-state index contributed by atoms with van der Waals surface area (Å²) in [7, 11) is 1.85. The number of hydrogen-bond acceptors (Lipinski definition) is 5. The van der Waals surface area contributed by atoms with Gasteiger partial charge in [0.05, 0.1) is 18.6 Å². The number of nitrogens with zero attached hydrogens (tertiary/aromatic N) is 3. The van der Waals surface area contributed by atoms with Gasteiger partial charge < -0.3 is 19.0 Å². The first-order valence-electron chi connectivity index (χ1n) is 13.1. The van der Waals surface area contributed by atoms with Crippen LogP contribution < -0.4 is 9.80 Å². The molecule has 2 aromatic rings. The normalized spacial score (nSPS) is 22.1. The van der Waals surface area contributed by atoms with Crippen LogP contribution in [0.5, 0.6) is 0 Å². The zero-order chi connectivity index (χ0) is 23.5. The molecule has 3 aliphatic rings. The van der Waals surface area contributed by atoms with Gasteiger partial charge in [0.15, 0.2) is 0 Å². The summed E-state index contributed by atoms with van der Waals surface area (Å²) in [6, 6.07) is 9.33. The van der Waals surface area contributed by atoms with Crippen LogP contribution >= 0.6 is 0 Å². The standard InChI is InChI=1S/C29H41N3O2/c1-29(2)11-6-24(7-12-29)27-20-25(31-13-8-26(33-3)9-14-31)4-5-28(27)32-17-15-30(16-18-32)21-23-10-19-34-22-23/h4-6,10,19-20,22,26H,7-9,11-18,21H2,1-3H3. The van der Waals surface area contributed by atoms with Gasteiger partial charge in [-0.2, -0.15) is 0 Å². The van der Waals surface area contributed by atoms with E-state index in [9.17, 15) is 0 Å². The molecule has 2 fully saturated rings. The fourth-order valence-corrected chi connectivity index (χ4v) is 5.71. The fraction of sp³-hybridized carbons (Fsp3) is 0.586. The van der Waals surface area contributed by atoms with Crippen LogP contribution in [0.2, 0.25) is 0 Å². The predicted molar refractivity (Wildman–Crippen MR) is 140 cm³/mol. The number of methoxy groups -OCH3 is 1. The Bertz CT molecular complexity index is 965. The molecule has 1 aliphatic carbocycles. The van der Waals surface area contributed by atoms with Crippen molar-refractivity contribution in [3.05, 3.63) is 54.0 Å². The highest BCUT2D eigenvalue weighted by atomic mass is 16.5. The highest BCUT2D eigenvalue weighted by Gasteiger charge is 2.27. The minimum absolute atomic E-state index is 0.414. The van der Waals surface area contributed by atoms with Gasteiger partial charge >= 0.3 is 0 Å². The Balaban J connectivity index is 1.35. The fourth-order valence-electron chi connectivity index (χ4n) is 5.71. The number of hydrogen-bond donors (Lipinski definition) is 0. The summed E-state index contributed by atoms with van der Waals surface area (Å²) < 4.78 is 10.9. The number of ether oxygens (including phenoxy) is 1. The van der Waals surface area contributed by atoms with Crippen LogP contribution in [0, 0.1) is 5.41 Å². The second-order valence-corrected chi connectivity index (χ2v) is 11.1. The van der Waals surface area contributed by atoms with Gasteiger partial charge in [0, 0.05) is 75.4 Å². The minimum atomic E-state index is 0.414. The Labute approximate surface area is 205 Å². The number of benzene rings is 1. The van der Waals surface area contributed by atoms with Crippen molar-refractivity contribution in [1.29, 1.82) is 0 Å². The molecular formula is C29H41N3O2. The summed E-state index contributed by atoms with van der Waals surface area (Å²) in [5.74, 6) is 0. The zero-order valence-electron chi connectivity index (χ0n) is 21.3. The van der Waals surface area contributed by atoms with Crippen LogP contribution in [-0.2, 0) is 11.3 Å². The molecule has 3 heterocycles. The van der Waals surface area contributed by atoms with Gasteiger partial charge in [0.2, 0.25) is 0 Å². The Morgan fingerprint density at radius 3 is 2.44 bits per heavy atom. The molecule has 5 nitrogen and oxygen atoms in total. The second-order valence-electron chi connectivity index (χ2n) is 11.1. The van der Waals surface area contributed by atoms with Crippen LogP contribution in [0.4, 0.5) is 11.4 Å². The maximum Gasteiger partial charge on any atom is 0.0947 e. The average Bonchev–Trinajstić information content (AvgIpc) is 3.37. The quantitative estimate of drug-likeness (QED) is 0.540. The molecule has 1 aromatic carbocycles. The second kappa shape index (κ2) is 10.2. The molecular weight excluding hydrogens is 422 g/mol. The topological polar surface area (TPSA) is 32.1 Å². The first-order chi connectivity index (χ1) is 16.5. The average molecular weight is 464 g/mol. The zero-order valence-corrected chi connectivity index (χ0v) is 21.3. The van der Waals surface area contributed by atoms with Crippen LogP contribution in [0.3, 0.4) is 0 Å². The van der Waals surface area contributed by atoms with E-state index in [-0.39, 0.29) is 0 Å². The Kier molecular flexibility index (Phi) is 7.03. The monoisotopic (exact) mass is 463 g/mol. The number of anilines is 2. The number of furan rings is 1. The maximum atomic E-state index is 5.60. The Morgan fingerprint density at radius 2 is 1.79 bits per heavy atom. The molecule has 0 radical (unpaired) electrons. The van der Waals surface area contributed by atoms with Crippen molar-refractivity contribution in [3.63, 3.8) is 0 Å². The van der Waals surface area contributed by atoms with Gasteiger partial charge in [-0.1, -0.05) is 19.9 Å². The first kappa shape index (κ1) is 23.5. The van der Waals surface area contributed by atoms with Crippen molar-refractivity contribution in [2.75, 3.05) is 56.2 Å². The summed E-state index contributed by atoms with van der Waals surface area (Å²) in [4.78, 5) is 7.71. The van der Waals surface area contributed by atoms with Gasteiger partial charge in [0.25, 0.3) is 0 Å². The number of allylic oxidation sites excluding steroid dienone is 2. The van der Waals surface area contributed by atoms with Gasteiger partial charge in [-0.3, -0.25) is 4.90 Å². The summed E-state index contributed by atoms with van der Waals surface area (Å²) in [6.07, 6.45) is 12.4. The number of rotatable bonds is 6. The van der Waals surface area contributed by atoms with Crippen LogP contribution in [-0.4, -0.2) is 57.4 Å². The lowest BCUT2D eigenvalue weighted by molar-refractivity contribution is 0.0819. The molecule has 0 amide bonds. The summed E-state index contributed by atoms with van der Waals surface area (Å²) in [5, 5.41) is 0. The largest absolute Gasteiger partial charge is 0.472 e. The van der Waals surface area contributed by atoms with Crippen molar-refractivity contribution in [1.82, 2.24) is 4.90 Å². The molecule has 2 saturated heterocycles. The van der Waals surface area contributed by atoms with Gasteiger partial charge in [-0.25, -0.2) is 0 Å². The lowest BCUT2D eigenvalue weighted by Gasteiger charge is -2.39. The molecule has 5 rings (SSSR count). The van der Waals surface area contributed by atoms with E-state index in [4.69, 9.17) is 9.15 Å². The number of piperidine rings is 1. The van der Waals surface area contributed by atoms with E-state index in [2.05, 4.69) is 58.9 Å². The molecule has 0 N–H and O–H groups in total. The SMILES string of the molecule is COC1CCN(c2ccc(N3CCN(Cc4ccoc4)CC3)c(C3=CCC(C)(C)CC3)c2)CC1. The highest BCUT2D eigenvalue weighted by Crippen LogP contribution is 2.42. The summed E-state index contributed by atoms with van der Waals surface area (Å²) in [6.45, 7) is 12.3. The third kappa shape index (κ3) is 5.36.